The summed E-state index contributed by atoms with van der Waals surface area (Å²) in [4.78, 5) is 26.6. The molecule has 3 rings (SSSR count). The van der Waals surface area contributed by atoms with Crippen molar-refractivity contribution in [3.63, 3.8) is 0 Å². The van der Waals surface area contributed by atoms with Crippen molar-refractivity contribution in [3.8, 4) is 16.9 Å². The van der Waals surface area contributed by atoms with Crippen molar-refractivity contribution in [1.29, 1.82) is 0 Å². The van der Waals surface area contributed by atoms with E-state index in [4.69, 9.17) is 11.6 Å². The van der Waals surface area contributed by atoms with E-state index >= 15 is 0 Å². The van der Waals surface area contributed by atoms with E-state index in [1.807, 2.05) is 56.3 Å². The molecule has 29 heavy (non-hydrogen) atoms. The summed E-state index contributed by atoms with van der Waals surface area (Å²) in [6, 6.07) is 16.7. The molecule has 0 spiro atoms. The molecule has 2 amide bonds. The Morgan fingerprint density at radius 2 is 1.76 bits per heavy atom. The number of likely N-dealkylation sites (N-methyl/N-ethyl adjacent to an activating group) is 1. The summed E-state index contributed by atoms with van der Waals surface area (Å²) >= 11 is 6.01. The van der Waals surface area contributed by atoms with Crippen LogP contribution in [0.2, 0.25) is 5.02 Å². The highest BCUT2D eigenvalue weighted by Crippen LogP contribution is 2.26. The predicted octanol–water partition coefficient (Wildman–Crippen LogP) is 3.79. The van der Waals surface area contributed by atoms with Crippen molar-refractivity contribution in [2.45, 2.75) is 19.9 Å². The van der Waals surface area contributed by atoms with E-state index in [-0.39, 0.29) is 24.4 Å². The molecule has 0 aliphatic carbocycles. The molecule has 0 fully saturated rings. The van der Waals surface area contributed by atoms with Crippen molar-refractivity contribution in [3.05, 3.63) is 71.4 Å². The van der Waals surface area contributed by atoms with Gasteiger partial charge < -0.3 is 10.2 Å². The number of nitrogens with zero attached hydrogens (tertiary/aromatic N) is 3. The van der Waals surface area contributed by atoms with E-state index in [0.29, 0.717) is 16.3 Å². The molecular formula is C22H23ClN4O2. The molecule has 6 nitrogen and oxygen atoms in total. The van der Waals surface area contributed by atoms with Crippen LogP contribution < -0.4 is 5.32 Å². The van der Waals surface area contributed by atoms with Gasteiger partial charge in [0.25, 0.3) is 5.91 Å². The Morgan fingerprint density at radius 1 is 1.10 bits per heavy atom. The Kier molecular flexibility index (Phi) is 6.34. The smallest absolute Gasteiger partial charge is 0.257 e. The van der Waals surface area contributed by atoms with Gasteiger partial charge in [-0.1, -0.05) is 41.9 Å². The second-order valence-electron chi connectivity index (χ2n) is 7.06. The number of para-hydroxylation sites is 1. The molecule has 0 unspecified atom stereocenters. The third kappa shape index (κ3) is 5.03. The van der Waals surface area contributed by atoms with E-state index in [2.05, 4.69) is 10.4 Å². The third-order valence-electron chi connectivity index (χ3n) is 4.26. The lowest BCUT2D eigenvalue weighted by molar-refractivity contribution is -0.122. The Balaban J connectivity index is 1.97. The maximum Gasteiger partial charge on any atom is 0.257 e. The molecule has 7 heteroatoms. The van der Waals surface area contributed by atoms with Gasteiger partial charge in [-0.05, 0) is 38.1 Å². The van der Waals surface area contributed by atoms with Crippen LogP contribution in [0.5, 0.6) is 0 Å². The number of amides is 2. The zero-order valence-corrected chi connectivity index (χ0v) is 17.3. The third-order valence-corrected chi connectivity index (χ3v) is 4.51. The van der Waals surface area contributed by atoms with Gasteiger partial charge in [-0.25, -0.2) is 4.68 Å². The maximum absolute atomic E-state index is 13.1. The zero-order chi connectivity index (χ0) is 21.0. The zero-order valence-electron chi connectivity index (χ0n) is 16.6. The van der Waals surface area contributed by atoms with Crippen LogP contribution in [0.4, 0.5) is 0 Å². The van der Waals surface area contributed by atoms with E-state index < -0.39 is 0 Å². The predicted molar refractivity (Wildman–Crippen MR) is 114 cm³/mol. The van der Waals surface area contributed by atoms with Gasteiger partial charge in [0.05, 0.1) is 17.8 Å². The first kappa shape index (κ1) is 20.6. The highest BCUT2D eigenvalue weighted by Gasteiger charge is 2.23. The van der Waals surface area contributed by atoms with Crippen LogP contribution >= 0.6 is 11.6 Å². The summed E-state index contributed by atoms with van der Waals surface area (Å²) in [5.41, 5.74) is 2.55. The minimum Gasteiger partial charge on any atom is -0.352 e. The highest BCUT2D eigenvalue weighted by molar-refractivity contribution is 6.30. The molecule has 2 aromatic carbocycles. The van der Waals surface area contributed by atoms with Crippen LogP contribution in [0.15, 0.2) is 60.8 Å². The molecule has 0 saturated carbocycles. The summed E-state index contributed by atoms with van der Waals surface area (Å²) in [6.07, 6.45) is 1.69. The number of hydrogen-bond acceptors (Lipinski definition) is 3. The Hall–Kier alpha value is -3.12. The molecule has 3 aromatic rings. The van der Waals surface area contributed by atoms with E-state index in [0.717, 1.165) is 11.3 Å². The highest BCUT2D eigenvalue weighted by atomic mass is 35.5. The minimum atomic E-state index is -0.281. The van der Waals surface area contributed by atoms with E-state index in [9.17, 15) is 9.59 Å². The van der Waals surface area contributed by atoms with Gasteiger partial charge in [0.2, 0.25) is 5.91 Å². The molecule has 0 aliphatic heterocycles. The van der Waals surface area contributed by atoms with Crippen LogP contribution in [0.3, 0.4) is 0 Å². The molecule has 150 valence electrons. The van der Waals surface area contributed by atoms with Crippen molar-refractivity contribution >= 4 is 23.4 Å². The van der Waals surface area contributed by atoms with Gasteiger partial charge in [0.15, 0.2) is 0 Å². The summed E-state index contributed by atoms with van der Waals surface area (Å²) in [6.45, 7) is 3.72. The number of carbonyl (C=O) groups excluding carboxylic acids is 2. The molecular weight excluding hydrogens is 388 g/mol. The number of hydrogen-bond donors (Lipinski definition) is 1. The van der Waals surface area contributed by atoms with E-state index in [1.54, 1.807) is 30.1 Å². The van der Waals surface area contributed by atoms with Gasteiger partial charge in [-0.15, -0.1) is 0 Å². The molecule has 1 aromatic heterocycles. The summed E-state index contributed by atoms with van der Waals surface area (Å²) in [5.74, 6) is -0.490. The Labute approximate surface area is 175 Å². The lowest BCUT2D eigenvalue weighted by atomic mass is 10.1. The molecule has 1 heterocycles. The lowest BCUT2D eigenvalue weighted by Crippen LogP contribution is -2.40. The Morgan fingerprint density at radius 3 is 2.38 bits per heavy atom. The Bertz CT molecular complexity index is 997. The summed E-state index contributed by atoms with van der Waals surface area (Å²) in [7, 11) is 1.60. The van der Waals surface area contributed by atoms with Crippen molar-refractivity contribution < 1.29 is 9.59 Å². The van der Waals surface area contributed by atoms with Crippen LogP contribution in [-0.4, -0.2) is 46.1 Å². The molecule has 0 atom stereocenters. The first-order valence-electron chi connectivity index (χ1n) is 9.31. The maximum atomic E-state index is 13.1. The van der Waals surface area contributed by atoms with Crippen molar-refractivity contribution in [2.24, 2.45) is 0 Å². The molecule has 0 radical (unpaired) electrons. The molecule has 0 bridgehead atoms. The molecule has 0 saturated heterocycles. The number of halogens is 1. The first-order chi connectivity index (χ1) is 13.8. The fraction of sp³-hybridized carbons (Fsp3) is 0.227. The largest absolute Gasteiger partial charge is 0.352 e. The quantitative estimate of drug-likeness (QED) is 0.672. The normalized spacial score (nSPS) is 10.8. The van der Waals surface area contributed by atoms with Crippen LogP contribution in [0.25, 0.3) is 16.9 Å². The van der Waals surface area contributed by atoms with Gasteiger partial charge in [0, 0.05) is 29.9 Å². The SMILES string of the molecule is CC(C)NC(=O)CN(C)C(=O)c1cn(-c2ccccc2)nc1-c1ccc(Cl)cc1. The van der Waals surface area contributed by atoms with Crippen molar-refractivity contribution in [1.82, 2.24) is 20.0 Å². The van der Waals surface area contributed by atoms with Gasteiger partial charge >= 0.3 is 0 Å². The van der Waals surface area contributed by atoms with Gasteiger partial charge in [-0.2, -0.15) is 5.10 Å². The number of aromatic nitrogens is 2. The van der Waals surface area contributed by atoms with Crippen LogP contribution in [-0.2, 0) is 4.79 Å². The molecule has 1 N–H and O–H groups in total. The average Bonchev–Trinajstić information content (AvgIpc) is 3.13. The van der Waals surface area contributed by atoms with Crippen molar-refractivity contribution in [2.75, 3.05) is 13.6 Å². The fourth-order valence-corrected chi connectivity index (χ4v) is 3.05. The second kappa shape index (κ2) is 8.92. The van der Waals surface area contributed by atoms with E-state index in [1.165, 1.54) is 4.90 Å². The van der Waals surface area contributed by atoms with Gasteiger partial charge in [-0.3, -0.25) is 9.59 Å². The number of rotatable bonds is 6. The second-order valence-corrected chi connectivity index (χ2v) is 7.50. The summed E-state index contributed by atoms with van der Waals surface area (Å²) < 4.78 is 1.67. The topological polar surface area (TPSA) is 67.2 Å². The standard InChI is InChI=1S/C22H23ClN4O2/c1-15(2)24-20(28)14-26(3)22(29)19-13-27(18-7-5-4-6-8-18)25-21(19)16-9-11-17(23)12-10-16/h4-13,15H,14H2,1-3H3,(H,24,28). The fourth-order valence-electron chi connectivity index (χ4n) is 2.92. The average molecular weight is 411 g/mol. The number of nitrogens with one attached hydrogen (secondary N) is 1. The first-order valence-corrected chi connectivity index (χ1v) is 9.69. The number of carbonyl (C=O) groups is 2. The minimum absolute atomic E-state index is 0.0106. The monoisotopic (exact) mass is 410 g/mol. The number of benzene rings is 2. The van der Waals surface area contributed by atoms with Crippen LogP contribution in [0.1, 0.15) is 24.2 Å². The summed E-state index contributed by atoms with van der Waals surface area (Å²) in [5, 5.41) is 8.04. The van der Waals surface area contributed by atoms with Crippen LogP contribution in [0, 0.1) is 0 Å². The molecule has 0 aliphatic rings. The van der Waals surface area contributed by atoms with Gasteiger partial charge in [0.1, 0.15) is 5.69 Å². The lowest BCUT2D eigenvalue weighted by Gasteiger charge is -2.17.